The molecule has 1 heterocycles. The first-order valence-corrected chi connectivity index (χ1v) is 8.44. The minimum Gasteiger partial charge on any atom is -0.497 e. The van der Waals surface area contributed by atoms with E-state index in [0.717, 1.165) is 28.6 Å². The molecule has 0 aliphatic carbocycles. The molecule has 124 valence electrons. The van der Waals surface area contributed by atoms with Crippen LogP contribution in [0, 0.1) is 6.92 Å². The number of nitrogens with zero attached hydrogens (tertiary/aromatic N) is 2. The molecule has 0 bridgehead atoms. The molecule has 1 amide bonds. The lowest BCUT2D eigenvalue weighted by Crippen LogP contribution is -2.28. The molecule has 1 aromatic heterocycles. The van der Waals surface area contributed by atoms with Crippen LogP contribution < -0.4 is 10.1 Å². The summed E-state index contributed by atoms with van der Waals surface area (Å²) in [7, 11) is 3.64. The average molecular weight is 333 g/mol. The molecule has 23 heavy (non-hydrogen) atoms. The first-order chi connectivity index (χ1) is 11.1. The number of thiazole rings is 1. The van der Waals surface area contributed by atoms with Crippen LogP contribution in [0.3, 0.4) is 0 Å². The van der Waals surface area contributed by atoms with Crippen molar-refractivity contribution in [3.63, 3.8) is 0 Å². The van der Waals surface area contributed by atoms with Crippen molar-refractivity contribution in [3.05, 3.63) is 45.9 Å². The number of rotatable bonds is 8. The molecule has 2 rings (SSSR count). The van der Waals surface area contributed by atoms with E-state index < -0.39 is 0 Å². The first-order valence-electron chi connectivity index (χ1n) is 7.56. The van der Waals surface area contributed by atoms with Crippen LogP contribution in [0.2, 0.25) is 0 Å². The largest absolute Gasteiger partial charge is 0.497 e. The van der Waals surface area contributed by atoms with Crippen molar-refractivity contribution in [2.75, 3.05) is 20.7 Å². The molecule has 0 saturated heterocycles. The maximum absolute atomic E-state index is 11.9. The zero-order valence-corrected chi connectivity index (χ0v) is 14.7. The summed E-state index contributed by atoms with van der Waals surface area (Å²) in [6, 6.07) is 7.70. The van der Waals surface area contributed by atoms with E-state index in [0.29, 0.717) is 19.5 Å². The molecule has 0 spiro atoms. The summed E-state index contributed by atoms with van der Waals surface area (Å²) in [6.45, 7) is 4.03. The number of nitrogens with one attached hydrogen (secondary N) is 1. The number of amides is 1. The van der Waals surface area contributed by atoms with Crippen molar-refractivity contribution in [1.82, 2.24) is 15.2 Å². The first kappa shape index (κ1) is 17.4. The fourth-order valence-corrected chi connectivity index (χ4v) is 2.77. The Kier molecular flexibility index (Phi) is 6.55. The molecule has 6 heteroatoms. The SMILES string of the molecule is COc1ccc(CNC(=O)CCN(C)Cc2csc(C)n2)cc1. The van der Waals surface area contributed by atoms with Gasteiger partial charge in [-0.15, -0.1) is 11.3 Å². The fraction of sp³-hybridized carbons (Fsp3) is 0.412. The second kappa shape index (κ2) is 8.64. The van der Waals surface area contributed by atoms with E-state index in [2.05, 4.69) is 20.6 Å². The van der Waals surface area contributed by atoms with Gasteiger partial charge < -0.3 is 15.0 Å². The quantitative estimate of drug-likeness (QED) is 0.807. The molecule has 2 aromatic rings. The highest BCUT2D eigenvalue weighted by atomic mass is 32.1. The van der Waals surface area contributed by atoms with Crippen molar-refractivity contribution < 1.29 is 9.53 Å². The van der Waals surface area contributed by atoms with Gasteiger partial charge in [0.15, 0.2) is 0 Å². The van der Waals surface area contributed by atoms with Gasteiger partial charge in [-0.05, 0) is 31.7 Å². The summed E-state index contributed by atoms with van der Waals surface area (Å²) < 4.78 is 5.11. The topological polar surface area (TPSA) is 54.5 Å². The molecule has 1 N–H and O–H groups in total. The number of hydrogen-bond donors (Lipinski definition) is 1. The Balaban J connectivity index is 1.67. The fourth-order valence-electron chi connectivity index (χ4n) is 2.16. The highest BCUT2D eigenvalue weighted by molar-refractivity contribution is 7.09. The minimum atomic E-state index is 0.0575. The highest BCUT2D eigenvalue weighted by Crippen LogP contribution is 2.11. The number of methoxy groups -OCH3 is 1. The Morgan fingerprint density at radius 2 is 2.09 bits per heavy atom. The zero-order chi connectivity index (χ0) is 16.7. The summed E-state index contributed by atoms with van der Waals surface area (Å²) in [6.07, 6.45) is 0.482. The van der Waals surface area contributed by atoms with Crippen LogP contribution in [0.1, 0.15) is 22.7 Å². The zero-order valence-electron chi connectivity index (χ0n) is 13.8. The molecule has 1 aromatic carbocycles. The molecule has 0 unspecified atom stereocenters. The Hall–Kier alpha value is -1.92. The van der Waals surface area contributed by atoms with E-state index >= 15 is 0 Å². The normalized spacial score (nSPS) is 10.8. The summed E-state index contributed by atoms with van der Waals surface area (Å²) in [5, 5.41) is 6.08. The third-order valence-electron chi connectivity index (χ3n) is 3.47. The van der Waals surface area contributed by atoms with Crippen molar-refractivity contribution in [2.24, 2.45) is 0 Å². The van der Waals surface area contributed by atoms with Crippen molar-refractivity contribution in [1.29, 1.82) is 0 Å². The van der Waals surface area contributed by atoms with Crippen LogP contribution in [0.25, 0.3) is 0 Å². The van der Waals surface area contributed by atoms with Gasteiger partial charge in [0.2, 0.25) is 5.91 Å². The summed E-state index contributed by atoms with van der Waals surface area (Å²) in [5.74, 6) is 0.876. The summed E-state index contributed by atoms with van der Waals surface area (Å²) >= 11 is 1.65. The maximum Gasteiger partial charge on any atom is 0.221 e. The van der Waals surface area contributed by atoms with E-state index in [9.17, 15) is 4.79 Å². The van der Waals surface area contributed by atoms with Crippen LogP contribution >= 0.6 is 11.3 Å². The van der Waals surface area contributed by atoms with Gasteiger partial charge in [0.1, 0.15) is 5.75 Å². The third-order valence-corrected chi connectivity index (χ3v) is 4.29. The predicted octanol–water partition coefficient (Wildman–Crippen LogP) is 2.60. The highest BCUT2D eigenvalue weighted by Gasteiger charge is 2.07. The average Bonchev–Trinajstić information content (AvgIpc) is 2.96. The molecular formula is C17H23N3O2S. The number of benzene rings is 1. The summed E-state index contributed by atoms with van der Waals surface area (Å²) in [4.78, 5) is 18.5. The third kappa shape index (κ3) is 6.00. The Bertz CT molecular complexity index is 625. The molecular weight excluding hydrogens is 310 g/mol. The molecule has 0 saturated carbocycles. The van der Waals surface area contributed by atoms with Crippen LogP contribution in [0.4, 0.5) is 0 Å². The van der Waals surface area contributed by atoms with Gasteiger partial charge in [-0.2, -0.15) is 0 Å². The van der Waals surface area contributed by atoms with E-state index in [-0.39, 0.29) is 5.91 Å². The van der Waals surface area contributed by atoms with Gasteiger partial charge in [-0.3, -0.25) is 4.79 Å². The van der Waals surface area contributed by atoms with Gasteiger partial charge >= 0.3 is 0 Å². The van der Waals surface area contributed by atoms with E-state index in [4.69, 9.17) is 4.74 Å². The molecule has 0 atom stereocenters. The lowest BCUT2D eigenvalue weighted by Gasteiger charge is -2.15. The second-order valence-electron chi connectivity index (χ2n) is 5.47. The lowest BCUT2D eigenvalue weighted by molar-refractivity contribution is -0.121. The Morgan fingerprint density at radius 3 is 2.70 bits per heavy atom. The predicted molar refractivity (Wildman–Crippen MR) is 92.6 cm³/mol. The van der Waals surface area contributed by atoms with Gasteiger partial charge in [0, 0.05) is 31.4 Å². The maximum atomic E-state index is 11.9. The molecule has 5 nitrogen and oxygen atoms in total. The monoisotopic (exact) mass is 333 g/mol. The Morgan fingerprint density at radius 1 is 1.35 bits per heavy atom. The van der Waals surface area contributed by atoms with Crippen LogP contribution in [-0.4, -0.2) is 36.5 Å². The van der Waals surface area contributed by atoms with Gasteiger partial charge in [0.25, 0.3) is 0 Å². The van der Waals surface area contributed by atoms with Gasteiger partial charge in [-0.25, -0.2) is 4.98 Å². The molecule has 0 fully saturated rings. The number of carbonyl (C=O) groups excluding carboxylic acids is 1. The number of hydrogen-bond acceptors (Lipinski definition) is 5. The van der Waals surface area contributed by atoms with Gasteiger partial charge in [0.05, 0.1) is 17.8 Å². The standard InChI is InChI=1S/C17H23N3O2S/c1-13-19-15(12-23-13)11-20(2)9-8-17(21)18-10-14-4-6-16(22-3)7-5-14/h4-7,12H,8-11H2,1-3H3,(H,18,21). The van der Waals surface area contributed by atoms with Crippen molar-refractivity contribution in [3.8, 4) is 5.75 Å². The van der Waals surface area contributed by atoms with E-state index in [1.165, 1.54) is 0 Å². The number of aryl methyl sites for hydroxylation is 1. The van der Waals surface area contributed by atoms with Gasteiger partial charge in [-0.1, -0.05) is 12.1 Å². The smallest absolute Gasteiger partial charge is 0.221 e. The molecule has 0 aliphatic heterocycles. The minimum absolute atomic E-state index is 0.0575. The summed E-state index contributed by atoms with van der Waals surface area (Å²) in [5.41, 5.74) is 2.12. The lowest BCUT2D eigenvalue weighted by atomic mass is 10.2. The molecule has 0 radical (unpaired) electrons. The van der Waals surface area contributed by atoms with Crippen LogP contribution in [0.5, 0.6) is 5.75 Å². The van der Waals surface area contributed by atoms with Crippen molar-refractivity contribution >= 4 is 17.2 Å². The van der Waals surface area contributed by atoms with Crippen molar-refractivity contribution in [2.45, 2.75) is 26.4 Å². The number of ether oxygens (including phenoxy) is 1. The van der Waals surface area contributed by atoms with Crippen LogP contribution in [-0.2, 0) is 17.9 Å². The van der Waals surface area contributed by atoms with Crippen LogP contribution in [0.15, 0.2) is 29.6 Å². The van der Waals surface area contributed by atoms with E-state index in [1.807, 2.05) is 38.2 Å². The van der Waals surface area contributed by atoms with E-state index in [1.54, 1.807) is 18.4 Å². The Labute approximate surface area is 141 Å². The number of aromatic nitrogens is 1. The number of carbonyl (C=O) groups is 1. The second-order valence-corrected chi connectivity index (χ2v) is 6.53. The molecule has 0 aliphatic rings.